The molecule has 0 amide bonds. The van der Waals surface area contributed by atoms with Crippen LogP contribution >= 0.6 is 11.6 Å². The van der Waals surface area contributed by atoms with Gasteiger partial charge in [-0.3, -0.25) is 10.1 Å². The first-order valence-electron chi connectivity index (χ1n) is 6.73. The van der Waals surface area contributed by atoms with Crippen LogP contribution in [0.5, 0.6) is 5.75 Å². The smallest absolute Gasteiger partial charge is 0.356 e. The molecule has 8 nitrogen and oxygen atoms in total. The van der Waals surface area contributed by atoms with Gasteiger partial charge in [-0.15, -0.1) is 0 Å². The maximum absolute atomic E-state index is 11.8. The SMILES string of the molecule is COC(=O)c1cncn1C1CCOc2c(Cl)cc([N+](=O)[O-])cc21. The lowest BCUT2D eigenvalue weighted by atomic mass is 9.99. The van der Waals surface area contributed by atoms with Crippen LogP contribution in [-0.2, 0) is 4.74 Å². The van der Waals surface area contributed by atoms with Gasteiger partial charge in [0.25, 0.3) is 5.69 Å². The van der Waals surface area contributed by atoms with Crippen LogP contribution in [0.1, 0.15) is 28.5 Å². The van der Waals surface area contributed by atoms with E-state index >= 15 is 0 Å². The van der Waals surface area contributed by atoms with Crippen molar-refractivity contribution in [3.63, 3.8) is 0 Å². The average Bonchev–Trinajstić information content (AvgIpc) is 3.02. The van der Waals surface area contributed by atoms with Gasteiger partial charge in [0.2, 0.25) is 0 Å². The van der Waals surface area contributed by atoms with Crippen molar-refractivity contribution in [1.82, 2.24) is 9.55 Å². The number of nitro benzene ring substituents is 1. The van der Waals surface area contributed by atoms with Gasteiger partial charge in [-0.2, -0.15) is 0 Å². The second-order valence-corrected chi connectivity index (χ2v) is 5.34. The Morgan fingerprint density at radius 3 is 3.04 bits per heavy atom. The third-order valence-electron chi connectivity index (χ3n) is 3.66. The number of carbonyl (C=O) groups excluding carboxylic acids is 1. The number of carbonyl (C=O) groups is 1. The third-order valence-corrected chi connectivity index (χ3v) is 3.94. The van der Waals surface area contributed by atoms with Crippen LogP contribution in [-0.4, -0.2) is 34.2 Å². The molecule has 120 valence electrons. The first kappa shape index (κ1) is 15.3. The molecular formula is C14H12ClN3O5. The highest BCUT2D eigenvalue weighted by atomic mass is 35.5. The minimum atomic E-state index is -0.535. The highest BCUT2D eigenvalue weighted by Gasteiger charge is 2.30. The van der Waals surface area contributed by atoms with E-state index in [2.05, 4.69) is 4.98 Å². The fourth-order valence-electron chi connectivity index (χ4n) is 2.64. The number of methoxy groups -OCH3 is 1. The molecule has 0 saturated carbocycles. The van der Waals surface area contributed by atoms with Crippen molar-refractivity contribution in [2.75, 3.05) is 13.7 Å². The van der Waals surface area contributed by atoms with Gasteiger partial charge in [-0.05, 0) is 0 Å². The standard InChI is InChI=1S/C14H12ClN3O5/c1-22-14(19)12-6-16-7-17(12)11-2-3-23-13-9(11)4-8(18(20)21)5-10(13)15/h4-7,11H,2-3H2,1H3. The topological polar surface area (TPSA) is 96.5 Å². The molecule has 2 aromatic rings. The minimum absolute atomic E-state index is 0.135. The average molecular weight is 338 g/mol. The predicted octanol–water partition coefficient (Wildman–Crippen LogP) is 2.60. The summed E-state index contributed by atoms with van der Waals surface area (Å²) in [6.45, 7) is 0.369. The Morgan fingerprint density at radius 2 is 2.35 bits per heavy atom. The fourth-order valence-corrected chi connectivity index (χ4v) is 2.91. The summed E-state index contributed by atoms with van der Waals surface area (Å²) in [6, 6.07) is 2.30. The number of nitro groups is 1. The molecule has 1 atom stereocenters. The zero-order valence-electron chi connectivity index (χ0n) is 12.1. The van der Waals surface area contributed by atoms with Crippen molar-refractivity contribution < 1.29 is 19.2 Å². The van der Waals surface area contributed by atoms with Crippen molar-refractivity contribution in [1.29, 1.82) is 0 Å². The van der Waals surface area contributed by atoms with Gasteiger partial charge in [-0.25, -0.2) is 9.78 Å². The highest BCUT2D eigenvalue weighted by Crippen LogP contribution is 2.42. The van der Waals surface area contributed by atoms with Crippen LogP contribution < -0.4 is 4.74 Å². The summed E-state index contributed by atoms with van der Waals surface area (Å²) in [6.07, 6.45) is 3.39. The van der Waals surface area contributed by atoms with E-state index in [1.54, 1.807) is 4.57 Å². The number of rotatable bonds is 3. The Kier molecular flexibility index (Phi) is 3.91. The largest absolute Gasteiger partial charge is 0.492 e. The Labute approximate surface area is 135 Å². The van der Waals surface area contributed by atoms with Gasteiger partial charge in [0, 0.05) is 24.1 Å². The van der Waals surface area contributed by atoms with Gasteiger partial charge in [-0.1, -0.05) is 11.6 Å². The molecular weight excluding hydrogens is 326 g/mol. The summed E-state index contributed by atoms with van der Waals surface area (Å²) in [7, 11) is 1.28. The molecule has 0 radical (unpaired) electrons. The number of imidazole rings is 1. The summed E-state index contributed by atoms with van der Waals surface area (Å²) in [5.41, 5.74) is 0.663. The lowest BCUT2D eigenvalue weighted by Gasteiger charge is -2.28. The Balaban J connectivity index is 2.14. The van der Waals surface area contributed by atoms with E-state index in [1.807, 2.05) is 0 Å². The van der Waals surface area contributed by atoms with Crippen LogP contribution in [0.2, 0.25) is 5.02 Å². The van der Waals surface area contributed by atoms with Crippen LogP contribution in [0.4, 0.5) is 5.69 Å². The number of esters is 1. The molecule has 9 heteroatoms. The number of aromatic nitrogens is 2. The second-order valence-electron chi connectivity index (χ2n) is 4.93. The number of hydrogen-bond donors (Lipinski definition) is 0. The number of nitrogens with zero attached hydrogens (tertiary/aromatic N) is 3. The number of fused-ring (bicyclic) bond motifs is 1. The predicted molar refractivity (Wildman–Crippen MR) is 79.9 cm³/mol. The van der Waals surface area contributed by atoms with Crippen LogP contribution in [0.25, 0.3) is 0 Å². The summed E-state index contributed by atoms with van der Waals surface area (Å²) in [5, 5.41) is 11.2. The lowest BCUT2D eigenvalue weighted by molar-refractivity contribution is -0.385. The van der Waals surface area contributed by atoms with Gasteiger partial charge in [0.05, 0.1) is 42.2 Å². The van der Waals surface area contributed by atoms with E-state index in [0.717, 1.165) is 0 Å². The second kappa shape index (κ2) is 5.88. The minimum Gasteiger partial charge on any atom is -0.492 e. The number of benzene rings is 1. The fraction of sp³-hybridized carbons (Fsp3) is 0.286. The van der Waals surface area contributed by atoms with Crippen molar-refractivity contribution in [2.45, 2.75) is 12.5 Å². The molecule has 0 bridgehead atoms. The summed E-state index contributed by atoms with van der Waals surface area (Å²) >= 11 is 6.10. The van der Waals surface area contributed by atoms with Gasteiger partial charge in [0.15, 0.2) is 0 Å². The van der Waals surface area contributed by atoms with Crippen LogP contribution in [0.15, 0.2) is 24.7 Å². The van der Waals surface area contributed by atoms with Gasteiger partial charge < -0.3 is 14.0 Å². The Hall–Kier alpha value is -2.61. The molecule has 3 rings (SSSR count). The van der Waals surface area contributed by atoms with Crippen molar-refractivity contribution >= 4 is 23.3 Å². The van der Waals surface area contributed by atoms with E-state index in [9.17, 15) is 14.9 Å². The molecule has 1 aromatic heterocycles. The van der Waals surface area contributed by atoms with E-state index in [-0.39, 0.29) is 22.4 Å². The Morgan fingerprint density at radius 1 is 1.57 bits per heavy atom. The maximum atomic E-state index is 11.8. The van der Waals surface area contributed by atoms with E-state index < -0.39 is 10.9 Å². The van der Waals surface area contributed by atoms with E-state index in [4.69, 9.17) is 21.1 Å². The molecule has 1 aromatic carbocycles. The molecule has 0 spiro atoms. The number of non-ortho nitro benzene ring substituents is 1. The van der Waals surface area contributed by atoms with Crippen molar-refractivity contribution in [3.8, 4) is 5.75 Å². The normalized spacial score (nSPS) is 16.3. The molecule has 0 saturated heterocycles. The summed E-state index contributed by atoms with van der Waals surface area (Å²) < 4.78 is 11.9. The summed E-state index contributed by atoms with van der Waals surface area (Å²) in [4.78, 5) is 26.4. The molecule has 1 aliphatic heterocycles. The van der Waals surface area contributed by atoms with Crippen LogP contribution in [0.3, 0.4) is 0 Å². The zero-order chi connectivity index (χ0) is 16.6. The molecule has 2 heterocycles. The molecule has 0 fully saturated rings. The molecule has 1 aliphatic rings. The monoisotopic (exact) mass is 337 g/mol. The van der Waals surface area contributed by atoms with Crippen LogP contribution in [0, 0.1) is 10.1 Å². The van der Waals surface area contributed by atoms with Gasteiger partial charge in [0.1, 0.15) is 11.4 Å². The Bertz CT molecular complexity index is 789. The van der Waals surface area contributed by atoms with Crippen molar-refractivity contribution in [3.05, 3.63) is 51.1 Å². The first-order valence-corrected chi connectivity index (χ1v) is 7.11. The van der Waals surface area contributed by atoms with E-state index in [1.165, 1.54) is 31.8 Å². The highest BCUT2D eigenvalue weighted by molar-refractivity contribution is 6.32. The molecule has 0 aliphatic carbocycles. The molecule has 23 heavy (non-hydrogen) atoms. The van der Waals surface area contributed by atoms with E-state index in [0.29, 0.717) is 24.3 Å². The molecule has 0 N–H and O–H groups in total. The maximum Gasteiger partial charge on any atom is 0.356 e. The zero-order valence-corrected chi connectivity index (χ0v) is 12.8. The number of halogens is 1. The molecule has 1 unspecified atom stereocenters. The number of ether oxygens (including phenoxy) is 2. The van der Waals surface area contributed by atoms with Crippen molar-refractivity contribution in [2.24, 2.45) is 0 Å². The van der Waals surface area contributed by atoms with Gasteiger partial charge >= 0.3 is 5.97 Å². The summed E-state index contributed by atoms with van der Waals surface area (Å²) in [5.74, 6) is -0.148. The third kappa shape index (κ3) is 2.61. The lowest BCUT2D eigenvalue weighted by Crippen LogP contribution is -2.23. The quantitative estimate of drug-likeness (QED) is 0.485. The number of hydrogen-bond acceptors (Lipinski definition) is 6. The first-order chi connectivity index (χ1) is 11.0.